The fraction of sp³-hybridized carbons (Fsp3) is 0.267. The maximum atomic E-state index is 11.7. The van der Waals surface area contributed by atoms with Crippen molar-refractivity contribution in [2.75, 3.05) is 67.9 Å². The van der Waals surface area contributed by atoms with Gasteiger partial charge in [-0.25, -0.2) is 0 Å². The van der Waals surface area contributed by atoms with Crippen molar-refractivity contribution in [3.05, 3.63) is 210 Å². The van der Waals surface area contributed by atoms with E-state index in [-0.39, 0.29) is 46.6 Å². The standard InChI is InChI=1S/5C15H17NO2/c5*1-11(17)16-9-8-13-5-3-4-12-6-7-14(18-2)10-15(12)13/h5*3-7,10H,8-9H2,1-2H3,(H,16,17)/i1D3,2D3,8D2,9D2;1D3,2D3,9D2;1D3,2D3,8D2;1D3,9D2;1D3,8D2. The second-order valence-corrected chi connectivity index (χ2v) is 18.4. The molecule has 5 amide bonds. The number of benzene rings is 10. The monoisotopic (exact) mass is 1250 g/mol. The van der Waals surface area contributed by atoms with Crippen LogP contribution in [0.1, 0.15) is 111 Å². The lowest BCUT2D eigenvalue weighted by atomic mass is 10.0. The van der Waals surface area contributed by atoms with E-state index in [2.05, 4.69) is 10.6 Å². The molecule has 0 aliphatic carbocycles. The van der Waals surface area contributed by atoms with Gasteiger partial charge in [0, 0.05) is 104 Å². The fourth-order valence-electron chi connectivity index (χ4n) is 8.59. The smallest absolute Gasteiger partial charge is 0.216 e. The second-order valence-electron chi connectivity index (χ2n) is 18.4. The number of hydrogen-bond acceptors (Lipinski definition) is 10. The minimum Gasteiger partial charge on any atom is -0.497 e. The molecule has 0 fully saturated rings. The van der Waals surface area contributed by atoms with Crippen molar-refractivity contribution in [2.24, 2.45) is 0 Å². The molecule has 0 aromatic heterocycles. The van der Waals surface area contributed by atoms with Crippen LogP contribution >= 0.6 is 0 Å². The van der Waals surface area contributed by atoms with E-state index < -0.39 is 137 Å². The van der Waals surface area contributed by atoms with Crippen LogP contribution < -0.4 is 50.3 Å². The third-order valence-electron chi connectivity index (χ3n) is 12.7. The summed E-state index contributed by atoms with van der Waals surface area (Å²) in [5.74, 6) is -5.44. The van der Waals surface area contributed by atoms with Gasteiger partial charge in [-0.3, -0.25) is 24.0 Å². The van der Waals surface area contributed by atoms with Gasteiger partial charge in [0.15, 0.2) is 0 Å². The molecule has 10 rings (SSSR count). The molecule has 0 radical (unpaired) electrons. The Balaban J connectivity index is 0.000000244. The molecule has 0 unspecified atom stereocenters. The van der Waals surface area contributed by atoms with E-state index in [4.69, 9.17) is 73.0 Å². The Labute approximate surface area is 579 Å². The van der Waals surface area contributed by atoms with Crippen LogP contribution in [0.2, 0.25) is 0 Å². The first kappa shape index (κ1) is 34.0. The lowest BCUT2D eigenvalue weighted by Crippen LogP contribution is -2.22. The van der Waals surface area contributed by atoms with Gasteiger partial charge in [-0.2, -0.15) is 0 Å². The van der Waals surface area contributed by atoms with Gasteiger partial charge in [0.05, 0.1) is 47.7 Å². The number of carbonyl (C=O) groups is 5. The van der Waals surface area contributed by atoms with Crippen molar-refractivity contribution < 1.29 is 97.0 Å². The summed E-state index contributed by atoms with van der Waals surface area (Å²) in [5.41, 5.74) is 1.44. The summed E-state index contributed by atoms with van der Waals surface area (Å²) >= 11 is 0. The van der Waals surface area contributed by atoms with Crippen molar-refractivity contribution in [1.82, 2.24) is 26.6 Å². The highest BCUT2D eigenvalue weighted by molar-refractivity contribution is 5.91. The quantitative estimate of drug-likeness (QED) is 0.0491. The summed E-state index contributed by atoms with van der Waals surface area (Å²) in [6.45, 7) is -23.2. The van der Waals surface area contributed by atoms with Crippen LogP contribution in [0, 0.1) is 0 Å². The van der Waals surface area contributed by atoms with Gasteiger partial charge in [-0.1, -0.05) is 121 Å². The van der Waals surface area contributed by atoms with Crippen LogP contribution in [0.25, 0.3) is 53.9 Å². The van der Waals surface area contributed by atoms with Crippen molar-refractivity contribution in [3.8, 4) is 28.7 Å². The van der Waals surface area contributed by atoms with Crippen LogP contribution in [0.4, 0.5) is 0 Å². The van der Waals surface area contributed by atoms with Gasteiger partial charge < -0.3 is 50.3 Å². The summed E-state index contributed by atoms with van der Waals surface area (Å²) < 4.78 is 292. The molecular formula is C75H85N5O10. The Morgan fingerprint density at radius 3 is 0.889 bits per heavy atom. The Kier molecular flexibility index (Phi) is 13.7. The minimum atomic E-state index is -3.15. The predicted molar refractivity (Wildman–Crippen MR) is 364 cm³/mol. The molecule has 0 aliphatic rings. The van der Waals surface area contributed by atoms with Gasteiger partial charge in [0.1, 0.15) is 28.7 Å². The molecule has 0 bridgehead atoms. The average molecular weight is 1250 g/mol. The Bertz CT molecular complexity index is 5530. The van der Waals surface area contributed by atoms with Crippen molar-refractivity contribution >= 4 is 83.4 Å². The predicted octanol–water partition coefficient (Wildman–Crippen LogP) is 12.6. The van der Waals surface area contributed by atoms with Crippen LogP contribution in [0.3, 0.4) is 0 Å². The third-order valence-corrected chi connectivity index (χ3v) is 12.7. The van der Waals surface area contributed by atoms with E-state index in [9.17, 15) is 24.0 Å². The average Bonchev–Trinajstić information content (AvgIpc) is 0.752. The zero-order valence-electron chi connectivity index (χ0n) is 84.2. The number of hydrogen-bond donors (Lipinski definition) is 5. The lowest BCUT2D eigenvalue weighted by Gasteiger charge is -2.08. The molecule has 0 heterocycles. The first-order chi connectivity index (χ1) is 57.4. The zero-order chi connectivity index (χ0) is 95.5. The van der Waals surface area contributed by atoms with E-state index in [0.717, 1.165) is 21.5 Å². The molecular weight excluding hydrogens is 1130 g/mol. The Morgan fingerprint density at radius 1 is 0.322 bits per heavy atom. The van der Waals surface area contributed by atoms with Crippen LogP contribution in [-0.4, -0.2) is 97.4 Å². The van der Waals surface area contributed by atoms with E-state index in [0.29, 0.717) is 55.1 Å². The molecule has 5 N–H and O–H groups in total. The largest absolute Gasteiger partial charge is 0.497 e. The van der Waals surface area contributed by atoms with Crippen LogP contribution in [0.5, 0.6) is 28.7 Å². The van der Waals surface area contributed by atoms with Crippen LogP contribution in [0.15, 0.2) is 182 Å². The van der Waals surface area contributed by atoms with Gasteiger partial charge in [-0.15, -0.1) is 0 Å². The van der Waals surface area contributed by atoms with E-state index in [1.54, 1.807) is 109 Å². The van der Waals surface area contributed by atoms with E-state index in [1.807, 2.05) is 34.9 Å². The molecule has 0 aliphatic heterocycles. The van der Waals surface area contributed by atoms with Crippen LogP contribution in [-0.2, 0) is 55.9 Å². The van der Waals surface area contributed by atoms with Gasteiger partial charge >= 0.3 is 0 Å². The number of fused-ring (bicyclic) bond motifs is 5. The van der Waals surface area contributed by atoms with E-state index >= 15 is 0 Å². The topological polar surface area (TPSA) is 192 Å². The van der Waals surface area contributed by atoms with Crippen molar-refractivity contribution in [3.63, 3.8) is 0 Å². The van der Waals surface area contributed by atoms with Gasteiger partial charge in [-0.05, 0) is 174 Å². The van der Waals surface area contributed by atoms with E-state index in [1.165, 1.54) is 67.8 Å². The number of amides is 5. The highest BCUT2D eigenvalue weighted by atomic mass is 16.5. The molecule has 90 heavy (non-hydrogen) atoms. The molecule has 0 saturated heterocycles. The number of rotatable bonds is 20. The molecule has 15 nitrogen and oxygen atoms in total. The van der Waals surface area contributed by atoms with Gasteiger partial charge in [0.25, 0.3) is 0 Å². The Hall–Kier alpha value is -10.2. The maximum Gasteiger partial charge on any atom is 0.216 e. The highest BCUT2D eigenvalue weighted by Crippen LogP contribution is 2.29. The summed E-state index contributed by atoms with van der Waals surface area (Å²) in [6.07, 6.45) is -7.32. The highest BCUT2D eigenvalue weighted by Gasteiger charge is 2.09. The normalized spacial score (nSPS) is 18.3. The molecule has 470 valence electrons. The molecule has 10 aromatic rings. The minimum absolute atomic E-state index is 0.0484. The first-order valence-electron chi connectivity index (χ1n) is 44.7. The molecule has 0 spiro atoms. The summed E-state index contributed by atoms with van der Waals surface area (Å²) in [6, 6.07) is 48.7. The van der Waals surface area contributed by atoms with Gasteiger partial charge in [0.2, 0.25) is 29.5 Å². The first-order valence-corrected chi connectivity index (χ1v) is 26.7. The SMILES string of the molecule is [2H]C([2H])(Cc1cccc2ccc(OC([2H])([2H])[2H])cc12)NC(=O)C([2H])([2H])[2H].[2H]C([2H])(Cc1cccc2ccc(OC)cc12)NC(=O)C([2H])([2H])[2H].[2H]C([2H])([2H])C(=O)NCC([2H])([2H])c1cccc2ccc(OC)cc12.[2H]C([2H])([2H])Oc1ccc2cccc(C([2H])([2H])C([2H])([2H])NC(=O)C([2H])([2H])[2H])c2c1.[2H]C([2H])([2H])Oc1ccc2cccc(C([2H])([2H])CNC(=O)C([2H])([2H])[2H])c2c1. The number of carbonyl (C=O) groups excluding carboxylic acids is 5. The second kappa shape index (κ2) is 36.2. The summed E-state index contributed by atoms with van der Waals surface area (Å²) in [7, 11) is -4.93. The molecule has 15 heteroatoms. The fourth-order valence-corrected chi connectivity index (χ4v) is 8.59. The van der Waals surface area contributed by atoms with Crippen molar-refractivity contribution in [1.29, 1.82) is 0 Å². The summed E-state index contributed by atoms with van der Waals surface area (Å²) in [5, 5.41) is 15.7. The zero-order valence-corrected chi connectivity index (χ0v) is 48.2. The molecule has 0 atom stereocenters. The lowest BCUT2D eigenvalue weighted by molar-refractivity contribution is -0.119. The number of ether oxygens (including phenoxy) is 5. The number of methoxy groups -OCH3 is 5. The Morgan fingerprint density at radius 2 is 0.589 bits per heavy atom. The summed E-state index contributed by atoms with van der Waals surface area (Å²) in [4.78, 5) is 57.7. The molecule has 0 saturated carbocycles. The number of nitrogens with one attached hydrogen (secondary N) is 5. The van der Waals surface area contributed by atoms with Crippen molar-refractivity contribution in [2.45, 2.75) is 66.2 Å². The number of aryl methyl sites for hydroxylation is 3. The molecule has 10 aromatic carbocycles. The maximum absolute atomic E-state index is 11.7. The third kappa shape index (κ3) is 21.9.